The molecule has 0 fully saturated rings. The van der Waals surface area contributed by atoms with Crippen LogP contribution in [-0.4, -0.2) is 55.7 Å². The molecule has 2 aromatic carbocycles. The summed E-state index contributed by atoms with van der Waals surface area (Å²) in [5.41, 5.74) is 4.59. The van der Waals surface area contributed by atoms with Crippen LogP contribution in [0, 0.1) is 13.8 Å². The molecule has 2 heterocycles. The number of benzene rings is 2. The van der Waals surface area contributed by atoms with Crippen LogP contribution in [0.5, 0.6) is 5.75 Å². The Kier molecular flexibility index (Phi) is 10.1. The summed E-state index contributed by atoms with van der Waals surface area (Å²) in [6.07, 6.45) is 0.772. The molecule has 0 radical (unpaired) electrons. The van der Waals surface area contributed by atoms with E-state index in [1.165, 1.54) is 16.9 Å². The van der Waals surface area contributed by atoms with Crippen LogP contribution < -0.4 is 20.7 Å². The predicted molar refractivity (Wildman–Crippen MR) is 144 cm³/mol. The van der Waals surface area contributed by atoms with E-state index in [0.717, 1.165) is 57.7 Å². The van der Waals surface area contributed by atoms with Gasteiger partial charge < -0.3 is 20.7 Å². The second-order valence-corrected chi connectivity index (χ2v) is 9.51. The smallest absolute Gasteiger partial charge is 0.282 e. The molecule has 4 rings (SSSR count). The van der Waals surface area contributed by atoms with Crippen molar-refractivity contribution in [3.8, 4) is 5.75 Å². The number of amides is 1. The normalized spacial score (nSPS) is 12.3. The number of carbonyl (C=O) groups is 1. The van der Waals surface area contributed by atoms with Crippen molar-refractivity contribution in [3.05, 3.63) is 68.7 Å². The van der Waals surface area contributed by atoms with Gasteiger partial charge in [0.15, 0.2) is 0 Å². The Labute approximate surface area is 216 Å². The van der Waals surface area contributed by atoms with Gasteiger partial charge in [-0.25, -0.2) is 0 Å². The first-order valence-electron chi connectivity index (χ1n) is 11.4. The van der Waals surface area contributed by atoms with Crippen LogP contribution in [0.25, 0.3) is 0 Å². The van der Waals surface area contributed by atoms with Gasteiger partial charge in [0.05, 0.1) is 13.7 Å². The van der Waals surface area contributed by atoms with E-state index < -0.39 is 0 Å². The lowest BCUT2D eigenvalue weighted by Gasteiger charge is -2.06. The number of methoxy groups -OCH3 is 1. The number of hydrogen-bond donors (Lipinski definition) is 4. The Balaban J connectivity index is 0.000000261. The van der Waals surface area contributed by atoms with E-state index in [2.05, 4.69) is 68.0 Å². The highest BCUT2D eigenvalue weighted by molar-refractivity contribution is 7.80. The molecule has 0 atom stereocenters. The fourth-order valence-corrected chi connectivity index (χ4v) is 4.32. The second-order valence-electron chi connectivity index (χ2n) is 8.00. The first-order chi connectivity index (χ1) is 16.9. The van der Waals surface area contributed by atoms with Crippen LogP contribution >= 0.6 is 24.0 Å². The molecule has 1 aliphatic rings. The van der Waals surface area contributed by atoms with E-state index in [1.54, 1.807) is 7.11 Å². The number of carbonyl (C=O) groups excluding carboxylic acids is 1. The summed E-state index contributed by atoms with van der Waals surface area (Å²) in [6, 6.07) is 12.2. The molecule has 0 saturated heterocycles. The molecule has 8 nitrogen and oxygen atoms in total. The largest absolute Gasteiger partial charge is 0.497 e. The number of rotatable bonds is 8. The molecule has 1 amide bonds. The Bertz CT molecular complexity index is 1140. The Hall–Kier alpha value is -2.95. The van der Waals surface area contributed by atoms with Gasteiger partial charge >= 0.3 is 0 Å². The molecule has 0 spiro atoms. The lowest BCUT2D eigenvalue weighted by Crippen LogP contribution is -2.25. The van der Waals surface area contributed by atoms with Crippen molar-refractivity contribution >= 4 is 35.7 Å². The van der Waals surface area contributed by atoms with Gasteiger partial charge in [-0.15, -0.1) is 22.8 Å². The average Bonchev–Trinajstić information content (AvgIpc) is 3.56. The summed E-state index contributed by atoms with van der Waals surface area (Å²) in [7, 11) is 3.51. The van der Waals surface area contributed by atoms with Crippen LogP contribution in [0.3, 0.4) is 0 Å². The van der Waals surface area contributed by atoms with Crippen LogP contribution in [0.2, 0.25) is 0 Å². The summed E-state index contributed by atoms with van der Waals surface area (Å²) in [6.45, 7) is 6.99. The van der Waals surface area contributed by atoms with E-state index in [9.17, 15) is 4.79 Å². The van der Waals surface area contributed by atoms with Crippen molar-refractivity contribution in [1.29, 1.82) is 0 Å². The molecule has 186 valence electrons. The van der Waals surface area contributed by atoms with Gasteiger partial charge in [0.25, 0.3) is 5.91 Å². The first kappa shape index (κ1) is 26.7. The zero-order valence-electron chi connectivity index (χ0n) is 20.5. The number of aryl methyl sites for hydroxylation is 2. The molecule has 0 bridgehead atoms. The summed E-state index contributed by atoms with van der Waals surface area (Å²) < 4.78 is 5.10. The van der Waals surface area contributed by atoms with Crippen molar-refractivity contribution in [1.82, 2.24) is 26.1 Å². The molecule has 35 heavy (non-hydrogen) atoms. The van der Waals surface area contributed by atoms with Gasteiger partial charge in [0, 0.05) is 30.1 Å². The Morgan fingerprint density at radius 1 is 1.17 bits per heavy atom. The second kappa shape index (κ2) is 13.2. The molecule has 0 aliphatic carbocycles. The minimum atomic E-state index is -0.170. The van der Waals surface area contributed by atoms with Crippen LogP contribution in [0.1, 0.15) is 37.1 Å². The maximum atomic E-state index is 12.0. The molecular weight excluding hydrogens is 480 g/mol. The number of nitrogens with one attached hydrogen (secondary N) is 3. The minimum Gasteiger partial charge on any atom is -0.497 e. The van der Waals surface area contributed by atoms with Gasteiger partial charge in [-0.05, 0) is 56.1 Å². The van der Waals surface area contributed by atoms with Crippen molar-refractivity contribution in [2.45, 2.75) is 31.7 Å². The number of amidine groups is 1. The Morgan fingerprint density at radius 2 is 1.89 bits per heavy atom. The Morgan fingerprint density at radius 3 is 2.49 bits per heavy atom. The highest BCUT2D eigenvalue weighted by Crippen LogP contribution is 2.23. The van der Waals surface area contributed by atoms with Gasteiger partial charge in [0.1, 0.15) is 16.6 Å². The molecule has 3 N–H and O–H groups in total. The predicted octanol–water partition coefficient (Wildman–Crippen LogP) is 3.18. The van der Waals surface area contributed by atoms with Crippen molar-refractivity contribution < 1.29 is 9.53 Å². The van der Waals surface area contributed by atoms with Crippen molar-refractivity contribution in [3.63, 3.8) is 0 Å². The molecular formula is C25H32N6O2S2. The number of aliphatic imine (C=N–C) groups is 1. The lowest BCUT2D eigenvalue weighted by atomic mass is 10.1. The summed E-state index contributed by atoms with van der Waals surface area (Å²) in [5, 5.41) is 18.2. The van der Waals surface area contributed by atoms with Gasteiger partial charge in [-0.3, -0.25) is 9.79 Å². The number of ether oxygens (including phenoxy) is 1. The highest BCUT2D eigenvalue weighted by Gasteiger charge is 2.12. The van der Waals surface area contributed by atoms with Gasteiger partial charge in [-0.2, -0.15) is 0 Å². The van der Waals surface area contributed by atoms with E-state index in [-0.39, 0.29) is 5.91 Å². The van der Waals surface area contributed by atoms with Crippen LogP contribution in [-0.2, 0) is 13.0 Å². The number of thiol groups is 1. The summed E-state index contributed by atoms with van der Waals surface area (Å²) >= 11 is 5.65. The number of nitrogens with zero attached hydrogens (tertiary/aromatic N) is 3. The molecule has 3 aromatic rings. The monoisotopic (exact) mass is 512 g/mol. The van der Waals surface area contributed by atoms with Crippen molar-refractivity contribution in [2.75, 3.05) is 33.8 Å². The molecule has 1 aromatic heterocycles. The van der Waals surface area contributed by atoms with Crippen LogP contribution in [0.15, 0.2) is 46.3 Å². The van der Waals surface area contributed by atoms with E-state index in [4.69, 9.17) is 4.74 Å². The third-order valence-corrected chi connectivity index (χ3v) is 6.92. The maximum Gasteiger partial charge on any atom is 0.282 e. The maximum absolute atomic E-state index is 12.0. The van der Waals surface area contributed by atoms with Crippen LogP contribution in [0.4, 0.5) is 0 Å². The lowest BCUT2D eigenvalue weighted by molar-refractivity contribution is 0.0953. The molecule has 1 aliphatic heterocycles. The number of hydrogen-bond acceptors (Lipinski definition) is 9. The van der Waals surface area contributed by atoms with E-state index >= 15 is 0 Å². The minimum absolute atomic E-state index is 0.170. The zero-order valence-corrected chi connectivity index (χ0v) is 22.2. The SMILES string of the molecule is CNCc1nnc(C(=O)NCCc2ccc(C3=NCCN3)cc2)s1.COc1cc(C)c(S)c(C)c1. The van der Waals surface area contributed by atoms with E-state index in [0.29, 0.717) is 18.1 Å². The summed E-state index contributed by atoms with van der Waals surface area (Å²) in [5.74, 6) is 1.69. The fraction of sp³-hybridized carbons (Fsp3) is 0.360. The van der Waals surface area contributed by atoms with Gasteiger partial charge in [0.2, 0.25) is 5.01 Å². The number of aromatic nitrogens is 2. The van der Waals surface area contributed by atoms with E-state index in [1.807, 2.05) is 33.0 Å². The highest BCUT2D eigenvalue weighted by atomic mass is 32.1. The fourth-order valence-electron chi connectivity index (χ4n) is 3.42. The van der Waals surface area contributed by atoms with Crippen molar-refractivity contribution in [2.24, 2.45) is 4.99 Å². The average molecular weight is 513 g/mol. The molecule has 0 unspecified atom stereocenters. The first-order valence-corrected chi connectivity index (χ1v) is 12.6. The third-order valence-electron chi connectivity index (χ3n) is 5.29. The molecule has 0 saturated carbocycles. The zero-order chi connectivity index (χ0) is 25.2. The standard InChI is InChI=1S/C16H20N6OS.C9H12OS/c1-17-10-13-21-22-16(24-13)15(23)20-7-6-11-2-4-12(5-3-11)14-18-8-9-19-14;1-6-4-8(10-3)5-7(2)9(6)11/h2-5,17H,6-10H2,1H3,(H,18,19)(H,20,23);4-5,11H,1-3H3. The molecule has 10 heteroatoms. The quantitative estimate of drug-likeness (QED) is 0.346. The topological polar surface area (TPSA) is 101 Å². The summed E-state index contributed by atoms with van der Waals surface area (Å²) in [4.78, 5) is 17.5. The third kappa shape index (κ3) is 7.78. The van der Waals surface area contributed by atoms with Gasteiger partial charge in [-0.1, -0.05) is 35.6 Å².